The fourth-order valence-corrected chi connectivity index (χ4v) is 3.32. The van der Waals surface area contributed by atoms with Crippen molar-refractivity contribution in [3.8, 4) is 0 Å². The summed E-state index contributed by atoms with van der Waals surface area (Å²) < 4.78 is 3.25. The molecule has 1 aromatic heterocycles. The van der Waals surface area contributed by atoms with Gasteiger partial charge in [-0.05, 0) is 61.0 Å². The van der Waals surface area contributed by atoms with E-state index in [1.165, 1.54) is 9.13 Å². The molecule has 2 aromatic rings. The highest BCUT2D eigenvalue weighted by Crippen LogP contribution is 2.32. The number of nitrogens with one attached hydrogen (secondary N) is 1. The first-order valence-corrected chi connectivity index (χ1v) is 8.72. The lowest BCUT2D eigenvalue weighted by molar-refractivity contribution is 0.471. The van der Waals surface area contributed by atoms with Crippen molar-refractivity contribution < 1.29 is 0 Å². The van der Waals surface area contributed by atoms with Gasteiger partial charge in [0.1, 0.15) is 0 Å². The zero-order valence-corrected chi connectivity index (χ0v) is 15.5. The first kappa shape index (κ1) is 16.8. The predicted molar refractivity (Wildman–Crippen MR) is 96.9 cm³/mol. The molecule has 0 aliphatic carbocycles. The SMILES string of the molecule is CCCNC(c1ccccc1I)c1c(Cl)cnn1C(C)C. The van der Waals surface area contributed by atoms with E-state index in [0.717, 1.165) is 23.7 Å². The second kappa shape index (κ2) is 7.61. The van der Waals surface area contributed by atoms with Crippen LogP contribution in [0.15, 0.2) is 30.5 Å². The van der Waals surface area contributed by atoms with Crippen LogP contribution in [-0.4, -0.2) is 16.3 Å². The van der Waals surface area contributed by atoms with E-state index in [9.17, 15) is 0 Å². The van der Waals surface area contributed by atoms with Gasteiger partial charge in [0.05, 0.1) is 23.0 Å². The molecular formula is C16H21ClIN3. The molecule has 5 heteroatoms. The molecule has 0 radical (unpaired) electrons. The average Bonchev–Trinajstić information content (AvgIpc) is 2.83. The zero-order valence-electron chi connectivity index (χ0n) is 12.6. The molecule has 114 valence electrons. The summed E-state index contributed by atoms with van der Waals surface area (Å²) in [5.74, 6) is 0. The summed E-state index contributed by atoms with van der Waals surface area (Å²) in [6.07, 6.45) is 2.82. The molecule has 0 amide bonds. The van der Waals surface area contributed by atoms with Crippen LogP contribution in [0.3, 0.4) is 0 Å². The van der Waals surface area contributed by atoms with Gasteiger partial charge >= 0.3 is 0 Å². The van der Waals surface area contributed by atoms with E-state index < -0.39 is 0 Å². The van der Waals surface area contributed by atoms with Crippen molar-refractivity contribution in [1.29, 1.82) is 0 Å². The Labute approximate surface area is 145 Å². The van der Waals surface area contributed by atoms with Crippen molar-refractivity contribution in [3.63, 3.8) is 0 Å². The lowest BCUT2D eigenvalue weighted by Gasteiger charge is -2.23. The summed E-state index contributed by atoms with van der Waals surface area (Å²) in [6, 6.07) is 8.75. The maximum atomic E-state index is 6.44. The minimum atomic E-state index is 0.0652. The Hall–Kier alpha value is -0.590. The van der Waals surface area contributed by atoms with E-state index >= 15 is 0 Å². The highest BCUT2D eigenvalue weighted by atomic mass is 127. The van der Waals surface area contributed by atoms with E-state index in [2.05, 4.69) is 78.0 Å². The van der Waals surface area contributed by atoms with Crippen LogP contribution in [0.2, 0.25) is 5.02 Å². The van der Waals surface area contributed by atoms with Crippen LogP contribution in [0.4, 0.5) is 0 Å². The van der Waals surface area contributed by atoms with Crippen molar-refractivity contribution in [2.45, 2.75) is 39.3 Å². The Morgan fingerprint density at radius 2 is 2.05 bits per heavy atom. The van der Waals surface area contributed by atoms with Crippen molar-refractivity contribution in [2.75, 3.05) is 6.54 Å². The van der Waals surface area contributed by atoms with Crippen LogP contribution >= 0.6 is 34.2 Å². The number of hydrogen-bond acceptors (Lipinski definition) is 2. The topological polar surface area (TPSA) is 29.9 Å². The van der Waals surface area contributed by atoms with Crippen LogP contribution in [0.25, 0.3) is 0 Å². The Balaban J connectivity index is 2.51. The molecule has 0 bridgehead atoms. The maximum absolute atomic E-state index is 6.44. The third-order valence-corrected chi connectivity index (χ3v) is 4.64. The van der Waals surface area contributed by atoms with Gasteiger partial charge in [0.15, 0.2) is 0 Å². The molecular weight excluding hydrogens is 397 g/mol. The van der Waals surface area contributed by atoms with Crippen LogP contribution in [0, 0.1) is 3.57 Å². The molecule has 21 heavy (non-hydrogen) atoms. The monoisotopic (exact) mass is 417 g/mol. The fourth-order valence-electron chi connectivity index (χ4n) is 2.38. The van der Waals surface area contributed by atoms with Gasteiger partial charge in [-0.25, -0.2) is 0 Å². The van der Waals surface area contributed by atoms with Gasteiger partial charge in [-0.3, -0.25) is 4.68 Å². The summed E-state index contributed by atoms with van der Waals surface area (Å²) in [4.78, 5) is 0. The zero-order chi connectivity index (χ0) is 15.4. The lowest BCUT2D eigenvalue weighted by Crippen LogP contribution is -2.27. The summed E-state index contributed by atoms with van der Waals surface area (Å²) in [5, 5.41) is 8.78. The predicted octanol–water partition coefficient (Wildman–Crippen LogP) is 4.81. The molecule has 0 saturated carbocycles. The Morgan fingerprint density at radius 3 is 2.67 bits per heavy atom. The molecule has 1 aromatic carbocycles. The van der Waals surface area contributed by atoms with Crippen LogP contribution in [0.5, 0.6) is 0 Å². The van der Waals surface area contributed by atoms with E-state index in [1.54, 1.807) is 6.20 Å². The second-order valence-electron chi connectivity index (χ2n) is 5.32. The van der Waals surface area contributed by atoms with Crippen LogP contribution in [0.1, 0.15) is 50.5 Å². The minimum absolute atomic E-state index is 0.0652. The maximum Gasteiger partial charge on any atom is 0.0837 e. The smallest absolute Gasteiger partial charge is 0.0837 e. The molecule has 3 nitrogen and oxygen atoms in total. The van der Waals surface area contributed by atoms with Crippen LogP contribution in [-0.2, 0) is 0 Å². The summed E-state index contributed by atoms with van der Waals surface area (Å²) in [6.45, 7) is 7.36. The lowest BCUT2D eigenvalue weighted by atomic mass is 10.0. The third kappa shape index (κ3) is 3.79. The average molecular weight is 418 g/mol. The summed E-state index contributed by atoms with van der Waals surface area (Å²) in [5.41, 5.74) is 2.29. The van der Waals surface area contributed by atoms with E-state index in [-0.39, 0.29) is 12.1 Å². The fraction of sp³-hybridized carbons (Fsp3) is 0.438. The van der Waals surface area contributed by atoms with Crippen molar-refractivity contribution in [2.24, 2.45) is 0 Å². The molecule has 0 aliphatic rings. The van der Waals surface area contributed by atoms with Crippen molar-refractivity contribution >= 4 is 34.2 Å². The van der Waals surface area contributed by atoms with Gasteiger partial charge in [-0.15, -0.1) is 0 Å². The molecule has 1 N–H and O–H groups in total. The molecule has 1 atom stereocenters. The van der Waals surface area contributed by atoms with E-state index in [1.807, 2.05) is 4.68 Å². The Kier molecular flexibility index (Phi) is 6.08. The number of halogens is 2. The second-order valence-corrected chi connectivity index (χ2v) is 6.89. The van der Waals surface area contributed by atoms with Crippen molar-refractivity contribution in [3.05, 3.63) is 50.3 Å². The summed E-state index contributed by atoms with van der Waals surface area (Å²) in [7, 11) is 0. The number of aromatic nitrogens is 2. The number of benzene rings is 1. The van der Waals surface area contributed by atoms with Gasteiger partial charge in [0.2, 0.25) is 0 Å². The molecule has 0 saturated heterocycles. The highest BCUT2D eigenvalue weighted by molar-refractivity contribution is 14.1. The van der Waals surface area contributed by atoms with Crippen LogP contribution < -0.4 is 5.32 Å². The van der Waals surface area contributed by atoms with E-state index in [4.69, 9.17) is 11.6 Å². The highest BCUT2D eigenvalue weighted by Gasteiger charge is 2.24. The van der Waals surface area contributed by atoms with E-state index in [0.29, 0.717) is 0 Å². The molecule has 0 spiro atoms. The first-order chi connectivity index (χ1) is 10.1. The quantitative estimate of drug-likeness (QED) is 0.684. The normalized spacial score (nSPS) is 12.9. The third-order valence-electron chi connectivity index (χ3n) is 3.36. The Morgan fingerprint density at radius 1 is 1.33 bits per heavy atom. The standard InChI is InChI=1S/C16H21ClIN3/c1-4-9-19-15(12-7-5-6-8-14(12)18)16-13(17)10-20-21(16)11(2)3/h5-8,10-11,15,19H,4,9H2,1-3H3. The summed E-state index contributed by atoms with van der Waals surface area (Å²) >= 11 is 8.82. The molecule has 0 fully saturated rings. The number of hydrogen-bond donors (Lipinski definition) is 1. The molecule has 0 aliphatic heterocycles. The van der Waals surface area contributed by atoms with Gasteiger partial charge in [0.25, 0.3) is 0 Å². The van der Waals surface area contributed by atoms with Gasteiger partial charge in [-0.2, -0.15) is 5.10 Å². The largest absolute Gasteiger partial charge is 0.305 e. The number of rotatable bonds is 6. The number of nitrogens with zero attached hydrogens (tertiary/aromatic N) is 2. The van der Waals surface area contributed by atoms with Gasteiger partial charge < -0.3 is 5.32 Å². The minimum Gasteiger partial charge on any atom is -0.305 e. The van der Waals surface area contributed by atoms with Gasteiger partial charge in [0, 0.05) is 9.61 Å². The van der Waals surface area contributed by atoms with Gasteiger partial charge in [-0.1, -0.05) is 36.7 Å². The Bertz CT molecular complexity index is 595. The van der Waals surface area contributed by atoms with Crippen molar-refractivity contribution in [1.82, 2.24) is 15.1 Å². The first-order valence-electron chi connectivity index (χ1n) is 7.27. The molecule has 1 heterocycles. The molecule has 2 rings (SSSR count). The molecule has 1 unspecified atom stereocenters.